The van der Waals surface area contributed by atoms with Crippen molar-refractivity contribution in [2.75, 3.05) is 26.2 Å². The zero-order chi connectivity index (χ0) is 28.7. The molecule has 0 spiro atoms. The Morgan fingerprint density at radius 1 is 0.975 bits per heavy atom. The van der Waals surface area contributed by atoms with Crippen LogP contribution in [0.25, 0.3) is 0 Å². The molecular formula is C28H32ClF4N3O3S. The Labute approximate surface area is 236 Å². The first-order chi connectivity index (χ1) is 19.0. The maximum Gasteiger partial charge on any atom is 0.405 e. The average Bonchev–Trinajstić information content (AvgIpc) is 3.09. The number of aryl methyl sites for hydroxylation is 1. The van der Waals surface area contributed by atoms with Crippen molar-refractivity contribution in [3.05, 3.63) is 63.9 Å². The lowest BCUT2D eigenvalue weighted by atomic mass is 9.85. The van der Waals surface area contributed by atoms with E-state index in [1.807, 2.05) is 12.1 Å². The Kier molecular flexibility index (Phi) is 8.48. The number of alkyl halides is 3. The van der Waals surface area contributed by atoms with Gasteiger partial charge < -0.3 is 4.90 Å². The maximum absolute atomic E-state index is 14.7. The Morgan fingerprint density at radius 2 is 1.73 bits per heavy atom. The summed E-state index contributed by atoms with van der Waals surface area (Å²) in [5.41, 5.74) is 3.13. The molecule has 0 unspecified atom stereocenters. The molecule has 1 aliphatic carbocycles. The molecule has 0 aromatic heterocycles. The van der Waals surface area contributed by atoms with Gasteiger partial charge in [-0.05, 0) is 74.0 Å². The molecule has 2 aromatic carbocycles. The number of benzene rings is 2. The summed E-state index contributed by atoms with van der Waals surface area (Å²) in [5.74, 6) is -2.10. The zero-order valence-corrected chi connectivity index (χ0v) is 23.5. The van der Waals surface area contributed by atoms with Gasteiger partial charge >= 0.3 is 6.18 Å². The summed E-state index contributed by atoms with van der Waals surface area (Å²) in [5, 5.41) is -0.518. The highest BCUT2D eigenvalue weighted by Crippen LogP contribution is 2.40. The van der Waals surface area contributed by atoms with Crippen LogP contribution < -0.4 is 0 Å². The van der Waals surface area contributed by atoms with Gasteiger partial charge in [-0.2, -0.15) is 17.5 Å². The van der Waals surface area contributed by atoms with E-state index in [2.05, 4.69) is 11.0 Å². The second kappa shape index (κ2) is 11.6. The van der Waals surface area contributed by atoms with Crippen molar-refractivity contribution in [3.63, 3.8) is 0 Å². The van der Waals surface area contributed by atoms with Crippen molar-refractivity contribution < 1.29 is 30.8 Å². The molecule has 2 heterocycles. The van der Waals surface area contributed by atoms with Gasteiger partial charge in [-0.25, -0.2) is 12.8 Å². The third kappa shape index (κ3) is 5.89. The third-order valence-electron chi connectivity index (χ3n) is 8.20. The van der Waals surface area contributed by atoms with Crippen molar-refractivity contribution in [2.45, 2.75) is 74.6 Å². The second-order valence-electron chi connectivity index (χ2n) is 10.8. The summed E-state index contributed by atoms with van der Waals surface area (Å²) in [7, 11) is -4.96. The zero-order valence-electron chi connectivity index (χ0n) is 22.0. The van der Waals surface area contributed by atoms with Crippen LogP contribution in [0, 0.1) is 5.82 Å². The Bertz CT molecular complexity index is 1370. The topological polar surface area (TPSA) is 60.9 Å². The fourth-order valence-electron chi connectivity index (χ4n) is 6.22. The summed E-state index contributed by atoms with van der Waals surface area (Å²) in [6.07, 6.45) is -0.385. The van der Waals surface area contributed by atoms with E-state index in [4.69, 9.17) is 11.6 Å². The highest BCUT2D eigenvalue weighted by molar-refractivity contribution is 7.89. The van der Waals surface area contributed by atoms with Gasteiger partial charge in [0.05, 0.1) is 17.5 Å². The van der Waals surface area contributed by atoms with E-state index in [-0.39, 0.29) is 10.8 Å². The summed E-state index contributed by atoms with van der Waals surface area (Å²) in [6, 6.07) is 6.20. The maximum atomic E-state index is 14.7. The molecule has 2 atom stereocenters. The molecule has 5 rings (SSSR count). The summed E-state index contributed by atoms with van der Waals surface area (Å²) >= 11 is 5.73. The van der Waals surface area contributed by atoms with Crippen LogP contribution in [0.3, 0.4) is 0 Å². The largest absolute Gasteiger partial charge is 0.405 e. The van der Waals surface area contributed by atoms with E-state index in [1.54, 1.807) is 0 Å². The molecule has 12 heteroatoms. The van der Waals surface area contributed by atoms with Crippen LogP contribution in [0.4, 0.5) is 17.6 Å². The van der Waals surface area contributed by atoms with Crippen LogP contribution in [0.1, 0.15) is 61.3 Å². The molecule has 0 saturated carbocycles. The van der Waals surface area contributed by atoms with Gasteiger partial charge in [0.2, 0.25) is 15.9 Å². The molecule has 0 bridgehead atoms. The predicted octanol–water partition coefficient (Wildman–Crippen LogP) is 5.70. The molecule has 1 amide bonds. The van der Waals surface area contributed by atoms with E-state index in [1.165, 1.54) is 29.7 Å². The van der Waals surface area contributed by atoms with E-state index in [0.717, 1.165) is 61.8 Å². The minimum atomic E-state index is -5.04. The highest BCUT2D eigenvalue weighted by Gasteiger charge is 2.52. The number of carbonyl (C=O) groups is 1. The smallest absolute Gasteiger partial charge is 0.334 e. The summed E-state index contributed by atoms with van der Waals surface area (Å²) in [4.78, 5) is 16.2. The van der Waals surface area contributed by atoms with Gasteiger partial charge in [-0.3, -0.25) is 9.69 Å². The number of piperidine rings is 1. The molecule has 3 aliphatic rings. The van der Waals surface area contributed by atoms with E-state index < -0.39 is 62.9 Å². The summed E-state index contributed by atoms with van der Waals surface area (Å²) in [6.45, 7) is 2.08. The van der Waals surface area contributed by atoms with Gasteiger partial charge in [-0.1, -0.05) is 42.3 Å². The fourth-order valence-corrected chi connectivity index (χ4v) is 8.14. The van der Waals surface area contributed by atoms with E-state index >= 15 is 0 Å². The Hall–Kier alpha value is -2.21. The lowest BCUT2D eigenvalue weighted by Gasteiger charge is -2.36. The minimum Gasteiger partial charge on any atom is -0.334 e. The molecule has 218 valence electrons. The quantitative estimate of drug-likeness (QED) is 0.413. The molecule has 0 radical (unpaired) electrons. The van der Waals surface area contributed by atoms with Crippen molar-refractivity contribution in [1.82, 2.24) is 14.1 Å². The van der Waals surface area contributed by atoms with Gasteiger partial charge in [0.1, 0.15) is 10.9 Å². The number of fused-ring (bicyclic) bond motifs is 1. The van der Waals surface area contributed by atoms with Gasteiger partial charge in [0.25, 0.3) is 0 Å². The standard InChI is InChI=1S/C28H32ClF4N3O3S/c29-22-7-5-9-24(27(22)30)40(38,39)36-15-14-35(26(37)17-25(36)28(31,32)33)23-8-4-6-20-16-19(10-11-21(20)23)18-34-12-2-1-3-13-34/h5,7,9-11,16,23,25H,1-4,6,8,12-15,17-18H2/t23-,25-/m1/s1. The first-order valence-corrected chi connectivity index (χ1v) is 15.4. The normalized spacial score (nSPS) is 23.6. The van der Waals surface area contributed by atoms with Crippen LogP contribution in [0.2, 0.25) is 5.02 Å². The second-order valence-corrected chi connectivity index (χ2v) is 13.1. The Morgan fingerprint density at radius 3 is 2.45 bits per heavy atom. The summed E-state index contributed by atoms with van der Waals surface area (Å²) < 4.78 is 84.2. The molecule has 6 nitrogen and oxygen atoms in total. The monoisotopic (exact) mass is 601 g/mol. The number of rotatable bonds is 5. The van der Waals surface area contributed by atoms with E-state index in [0.29, 0.717) is 6.42 Å². The first kappa shape index (κ1) is 29.3. The third-order valence-corrected chi connectivity index (χ3v) is 10.4. The number of likely N-dealkylation sites (tertiary alicyclic amines) is 1. The van der Waals surface area contributed by atoms with Crippen molar-refractivity contribution in [3.8, 4) is 0 Å². The number of halogens is 5. The van der Waals surface area contributed by atoms with Crippen LogP contribution in [0.15, 0.2) is 41.3 Å². The SMILES string of the molecule is O=C1C[C@H](C(F)(F)F)N(S(=O)(=O)c2cccc(Cl)c2F)CCN1[C@@H]1CCCc2cc(CN3CCCCC3)ccc21. The molecule has 2 fully saturated rings. The predicted molar refractivity (Wildman–Crippen MR) is 143 cm³/mol. The van der Waals surface area contributed by atoms with Crippen LogP contribution in [-0.2, 0) is 27.8 Å². The number of hydrogen-bond acceptors (Lipinski definition) is 4. The van der Waals surface area contributed by atoms with Crippen LogP contribution >= 0.6 is 11.6 Å². The van der Waals surface area contributed by atoms with Crippen LogP contribution in [-0.4, -0.2) is 66.8 Å². The molecule has 0 N–H and O–H groups in total. The highest BCUT2D eigenvalue weighted by atomic mass is 35.5. The Balaban J connectivity index is 1.43. The molecule has 2 saturated heterocycles. The van der Waals surface area contributed by atoms with Crippen LogP contribution in [0.5, 0.6) is 0 Å². The van der Waals surface area contributed by atoms with Crippen molar-refractivity contribution in [1.29, 1.82) is 0 Å². The fraction of sp³-hybridized carbons (Fsp3) is 0.536. The number of hydrogen-bond donors (Lipinski definition) is 0. The van der Waals surface area contributed by atoms with E-state index in [9.17, 15) is 30.8 Å². The molecule has 2 aromatic rings. The molecule has 2 aliphatic heterocycles. The molecule has 40 heavy (non-hydrogen) atoms. The lowest BCUT2D eigenvalue weighted by Crippen LogP contribution is -2.49. The van der Waals surface area contributed by atoms with Gasteiger partial charge in [-0.15, -0.1) is 0 Å². The number of carbonyl (C=O) groups excluding carboxylic acids is 1. The molecular weight excluding hydrogens is 570 g/mol. The van der Waals surface area contributed by atoms with Crippen molar-refractivity contribution >= 4 is 27.5 Å². The number of amides is 1. The van der Waals surface area contributed by atoms with Crippen molar-refractivity contribution in [2.24, 2.45) is 0 Å². The number of sulfonamides is 1. The average molecular weight is 602 g/mol. The van der Waals surface area contributed by atoms with Gasteiger partial charge in [0.15, 0.2) is 5.82 Å². The van der Waals surface area contributed by atoms with Gasteiger partial charge in [0, 0.05) is 19.6 Å². The first-order valence-electron chi connectivity index (χ1n) is 13.6. The lowest BCUT2D eigenvalue weighted by molar-refractivity contribution is -0.174. The minimum absolute atomic E-state index is 0.213. The number of nitrogens with zero attached hydrogens (tertiary/aromatic N) is 3.